The molecule has 1 N–H and O–H groups in total. The van der Waals surface area contributed by atoms with E-state index in [0.29, 0.717) is 43.3 Å². The topological polar surface area (TPSA) is 58.6 Å². The molecule has 0 aromatic heterocycles. The van der Waals surface area contributed by atoms with Crippen LogP contribution in [0.5, 0.6) is 5.75 Å². The average Bonchev–Trinajstić information content (AvgIpc) is 2.93. The van der Waals surface area contributed by atoms with Gasteiger partial charge in [-0.05, 0) is 65.6 Å². The summed E-state index contributed by atoms with van der Waals surface area (Å²) in [4.78, 5) is 30.1. The van der Waals surface area contributed by atoms with Gasteiger partial charge in [0.25, 0.3) is 0 Å². The number of nitrogens with one attached hydrogen (secondary N) is 1. The van der Waals surface area contributed by atoms with Crippen LogP contribution in [0.3, 0.4) is 0 Å². The molecule has 0 radical (unpaired) electrons. The highest BCUT2D eigenvalue weighted by Crippen LogP contribution is 2.23. The molecule has 3 rings (SSSR count). The summed E-state index contributed by atoms with van der Waals surface area (Å²) in [7, 11) is 1.62. The fourth-order valence-electron chi connectivity index (χ4n) is 4.03. The van der Waals surface area contributed by atoms with E-state index in [1.807, 2.05) is 78.9 Å². The van der Waals surface area contributed by atoms with Crippen LogP contribution in [0.2, 0.25) is 5.02 Å². The summed E-state index contributed by atoms with van der Waals surface area (Å²) in [6, 6.07) is 24.6. The maximum Gasteiger partial charge on any atom is 0.243 e. The van der Waals surface area contributed by atoms with Crippen molar-refractivity contribution in [3.05, 3.63) is 95.0 Å². The maximum atomic E-state index is 13.7. The molecule has 0 aliphatic rings. The van der Waals surface area contributed by atoms with Gasteiger partial charge in [-0.25, -0.2) is 0 Å². The van der Waals surface area contributed by atoms with E-state index in [0.717, 1.165) is 27.5 Å². The Hall–Kier alpha value is -2.96. The lowest BCUT2D eigenvalue weighted by atomic mass is 10.0. The van der Waals surface area contributed by atoms with Gasteiger partial charge in [0.15, 0.2) is 0 Å². The SMILES string of the molecule is COc1cccc(CN(C(=O)CCCSc2ccc(Cl)cc2)[C@H](Cc2ccccc2)C(=O)NCC(C)C)c1. The fourth-order valence-corrected chi connectivity index (χ4v) is 5.01. The van der Waals surface area contributed by atoms with Gasteiger partial charge in [-0.3, -0.25) is 9.59 Å². The van der Waals surface area contributed by atoms with Gasteiger partial charge in [-0.2, -0.15) is 0 Å². The van der Waals surface area contributed by atoms with E-state index < -0.39 is 6.04 Å². The Morgan fingerprint density at radius 2 is 1.68 bits per heavy atom. The Labute approximate surface area is 235 Å². The number of rotatable bonds is 14. The van der Waals surface area contributed by atoms with Gasteiger partial charge in [-0.15, -0.1) is 11.8 Å². The second-order valence-corrected chi connectivity index (χ2v) is 11.2. The lowest BCUT2D eigenvalue weighted by Gasteiger charge is -2.32. The number of carbonyl (C=O) groups excluding carboxylic acids is 2. The number of carbonyl (C=O) groups is 2. The van der Waals surface area contributed by atoms with Crippen molar-refractivity contribution in [1.82, 2.24) is 10.2 Å². The molecule has 0 spiro atoms. The first-order valence-corrected chi connectivity index (χ1v) is 14.3. The molecule has 0 unspecified atom stereocenters. The van der Waals surface area contributed by atoms with Gasteiger partial charge in [0.2, 0.25) is 11.8 Å². The molecule has 0 heterocycles. The largest absolute Gasteiger partial charge is 0.497 e. The van der Waals surface area contributed by atoms with E-state index in [1.54, 1.807) is 23.8 Å². The van der Waals surface area contributed by atoms with E-state index in [1.165, 1.54) is 0 Å². The molecular weight excluding hydrogens is 516 g/mol. The van der Waals surface area contributed by atoms with E-state index in [9.17, 15) is 9.59 Å². The minimum absolute atomic E-state index is 0.0369. The number of ether oxygens (including phenoxy) is 1. The first-order valence-electron chi connectivity index (χ1n) is 13.0. The summed E-state index contributed by atoms with van der Waals surface area (Å²) < 4.78 is 5.40. The van der Waals surface area contributed by atoms with Gasteiger partial charge in [0.05, 0.1) is 7.11 Å². The van der Waals surface area contributed by atoms with Crippen LogP contribution in [0.15, 0.2) is 83.8 Å². The van der Waals surface area contributed by atoms with E-state index in [-0.39, 0.29) is 11.8 Å². The Morgan fingerprint density at radius 1 is 0.974 bits per heavy atom. The summed E-state index contributed by atoms with van der Waals surface area (Å²) in [5.74, 6) is 1.66. The molecule has 0 saturated heterocycles. The lowest BCUT2D eigenvalue weighted by Crippen LogP contribution is -2.51. The molecule has 5 nitrogen and oxygen atoms in total. The van der Waals surface area contributed by atoms with Gasteiger partial charge >= 0.3 is 0 Å². The number of thioether (sulfide) groups is 1. The van der Waals surface area contributed by atoms with Gasteiger partial charge in [0.1, 0.15) is 11.8 Å². The van der Waals surface area contributed by atoms with Crippen LogP contribution in [0.1, 0.15) is 37.8 Å². The second kappa shape index (κ2) is 15.5. The molecule has 2 amide bonds. The van der Waals surface area contributed by atoms with Crippen LogP contribution < -0.4 is 10.1 Å². The number of amides is 2. The molecule has 0 aliphatic heterocycles. The fraction of sp³-hybridized carbons (Fsp3) is 0.355. The van der Waals surface area contributed by atoms with Crippen LogP contribution in [-0.2, 0) is 22.6 Å². The molecule has 0 fully saturated rings. The van der Waals surface area contributed by atoms with Crippen molar-refractivity contribution in [3.63, 3.8) is 0 Å². The highest BCUT2D eigenvalue weighted by molar-refractivity contribution is 7.99. The van der Waals surface area contributed by atoms with Crippen LogP contribution in [-0.4, -0.2) is 42.2 Å². The van der Waals surface area contributed by atoms with E-state index in [4.69, 9.17) is 16.3 Å². The molecule has 202 valence electrons. The number of nitrogens with zero attached hydrogens (tertiary/aromatic N) is 1. The Balaban J connectivity index is 1.80. The summed E-state index contributed by atoms with van der Waals surface area (Å²) in [5, 5.41) is 3.77. The predicted molar refractivity (Wildman–Crippen MR) is 157 cm³/mol. The standard InChI is InChI=1S/C31H37ClN2O3S/c1-23(2)21-33-31(36)29(20-24-9-5-4-6-10-24)34(22-25-11-7-12-27(19-25)37-3)30(35)13-8-18-38-28-16-14-26(32)15-17-28/h4-7,9-12,14-17,19,23,29H,8,13,18,20-22H2,1-3H3,(H,33,36)/t29-/m1/s1. The Bertz CT molecular complexity index is 1160. The van der Waals surface area contributed by atoms with Crippen LogP contribution in [0, 0.1) is 5.92 Å². The highest BCUT2D eigenvalue weighted by atomic mass is 35.5. The zero-order valence-corrected chi connectivity index (χ0v) is 23.9. The number of hydrogen-bond donors (Lipinski definition) is 1. The minimum atomic E-state index is -0.626. The minimum Gasteiger partial charge on any atom is -0.497 e. The Morgan fingerprint density at radius 3 is 2.37 bits per heavy atom. The Kier molecular flexibility index (Phi) is 12.0. The average molecular weight is 553 g/mol. The van der Waals surface area contributed by atoms with Crippen molar-refractivity contribution in [2.24, 2.45) is 5.92 Å². The normalized spacial score (nSPS) is 11.7. The summed E-state index contributed by atoms with van der Waals surface area (Å²) in [6.07, 6.45) is 1.50. The van der Waals surface area contributed by atoms with E-state index >= 15 is 0 Å². The van der Waals surface area contributed by atoms with Crippen molar-refractivity contribution in [2.75, 3.05) is 19.4 Å². The number of benzene rings is 3. The van der Waals surface area contributed by atoms with Crippen molar-refractivity contribution >= 4 is 35.2 Å². The second-order valence-electron chi connectivity index (χ2n) is 9.62. The zero-order chi connectivity index (χ0) is 27.3. The summed E-state index contributed by atoms with van der Waals surface area (Å²) in [6.45, 7) is 5.00. The molecular formula is C31H37ClN2O3S. The molecule has 0 bridgehead atoms. The summed E-state index contributed by atoms with van der Waals surface area (Å²) >= 11 is 7.68. The molecule has 3 aromatic rings. The quantitative estimate of drug-likeness (QED) is 0.180. The third-order valence-electron chi connectivity index (χ3n) is 6.06. The van der Waals surface area contributed by atoms with Gasteiger partial charge in [0, 0.05) is 35.8 Å². The van der Waals surface area contributed by atoms with Crippen molar-refractivity contribution in [1.29, 1.82) is 0 Å². The van der Waals surface area contributed by atoms with Crippen molar-refractivity contribution in [3.8, 4) is 5.75 Å². The molecule has 7 heteroatoms. The zero-order valence-electron chi connectivity index (χ0n) is 22.4. The predicted octanol–water partition coefficient (Wildman–Crippen LogP) is 6.63. The molecule has 38 heavy (non-hydrogen) atoms. The van der Waals surface area contributed by atoms with Gasteiger partial charge < -0.3 is 15.0 Å². The molecule has 1 atom stereocenters. The van der Waals surface area contributed by atoms with E-state index in [2.05, 4.69) is 19.2 Å². The highest BCUT2D eigenvalue weighted by Gasteiger charge is 2.30. The number of methoxy groups -OCH3 is 1. The van der Waals surface area contributed by atoms with Crippen LogP contribution in [0.4, 0.5) is 0 Å². The third-order valence-corrected chi connectivity index (χ3v) is 7.41. The number of halogens is 1. The molecule has 0 saturated carbocycles. The maximum absolute atomic E-state index is 13.7. The van der Waals surface area contributed by atoms with Crippen LogP contribution in [0.25, 0.3) is 0 Å². The lowest BCUT2D eigenvalue weighted by molar-refractivity contribution is -0.141. The number of hydrogen-bond acceptors (Lipinski definition) is 4. The monoisotopic (exact) mass is 552 g/mol. The smallest absolute Gasteiger partial charge is 0.243 e. The van der Waals surface area contributed by atoms with Gasteiger partial charge in [-0.1, -0.05) is 67.9 Å². The molecule has 0 aliphatic carbocycles. The van der Waals surface area contributed by atoms with Crippen LogP contribution >= 0.6 is 23.4 Å². The summed E-state index contributed by atoms with van der Waals surface area (Å²) in [5.41, 5.74) is 1.93. The molecule has 3 aromatic carbocycles. The van der Waals surface area contributed by atoms with Crippen molar-refractivity contribution < 1.29 is 14.3 Å². The third kappa shape index (κ3) is 9.73. The first kappa shape index (κ1) is 29.6. The first-order chi connectivity index (χ1) is 18.4. The van der Waals surface area contributed by atoms with Crippen molar-refractivity contribution in [2.45, 2.75) is 50.6 Å².